The molecule has 1 aromatic rings. The molecule has 2 N–H and O–H groups in total. The first-order valence-corrected chi connectivity index (χ1v) is 9.52. The number of nitrogens with two attached hydrogens (primary N) is 1. The van der Waals surface area contributed by atoms with Crippen LogP contribution in [0.15, 0.2) is 16.6 Å². The maximum Gasteiger partial charge on any atom is 0.191 e. The van der Waals surface area contributed by atoms with Crippen LogP contribution in [0.25, 0.3) is 0 Å². The predicted molar refractivity (Wildman–Crippen MR) is 97.2 cm³/mol. The van der Waals surface area contributed by atoms with E-state index in [1.165, 1.54) is 25.9 Å². The van der Waals surface area contributed by atoms with Gasteiger partial charge in [0, 0.05) is 44.3 Å². The zero-order valence-electron chi connectivity index (χ0n) is 14.0. The zero-order valence-corrected chi connectivity index (χ0v) is 14.8. The predicted octanol–water partition coefficient (Wildman–Crippen LogP) is 1.31. The first-order chi connectivity index (χ1) is 11.2. The second-order valence-electron chi connectivity index (χ2n) is 6.55. The van der Waals surface area contributed by atoms with Crippen LogP contribution in [0.2, 0.25) is 0 Å². The molecule has 0 aromatic carbocycles. The van der Waals surface area contributed by atoms with Crippen LogP contribution in [0.1, 0.15) is 19.8 Å². The second kappa shape index (κ2) is 7.97. The molecule has 3 rings (SSSR count). The number of hydrogen-bond acceptors (Lipinski definition) is 5. The summed E-state index contributed by atoms with van der Waals surface area (Å²) in [7, 11) is 0. The molecule has 2 fully saturated rings. The van der Waals surface area contributed by atoms with Gasteiger partial charge in [-0.2, -0.15) is 0 Å². The Bertz CT molecular complexity index is 487. The number of thiazole rings is 1. The van der Waals surface area contributed by atoms with Crippen molar-refractivity contribution in [3.8, 4) is 0 Å². The minimum Gasteiger partial charge on any atom is -0.370 e. The Balaban J connectivity index is 1.39. The number of anilines is 1. The number of hydrogen-bond donors (Lipinski definition) is 1. The molecule has 0 radical (unpaired) electrons. The summed E-state index contributed by atoms with van der Waals surface area (Å²) in [5.41, 5.74) is 6.18. The summed E-state index contributed by atoms with van der Waals surface area (Å²) in [6.07, 6.45) is 4.50. The summed E-state index contributed by atoms with van der Waals surface area (Å²) in [4.78, 5) is 16.0. The van der Waals surface area contributed by atoms with Gasteiger partial charge >= 0.3 is 0 Å². The maximum atomic E-state index is 6.18. The van der Waals surface area contributed by atoms with Gasteiger partial charge in [0.1, 0.15) is 0 Å². The van der Waals surface area contributed by atoms with Crippen LogP contribution in [0, 0.1) is 5.92 Å². The Morgan fingerprint density at radius 3 is 2.65 bits per heavy atom. The van der Waals surface area contributed by atoms with Gasteiger partial charge in [0.25, 0.3) is 0 Å². The van der Waals surface area contributed by atoms with Crippen molar-refractivity contribution in [3.63, 3.8) is 0 Å². The molecular formula is C16H28N6S. The third kappa shape index (κ3) is 4.57. The van der Waals surface area contributed by atoms with E-state index < -0.39 is 0 Å². The molecule has 2 saturated heterocycles. The number of guanidine groups is 1. The quantitative estimate of drug-likeness (QED) is 0.664. The average molecular weight is 337 g/mol. The zero-order chi connectivity index (χ0) is 16.1. The Hall–Kier alpha value is -1.34. The molecule has 0 spiro atoms. The molecule has 0 aliphatic carbocycles. The molecule has 0 saturated carbocycles. The molecule has 0 bridgehead atoms. The lowest BCUT2D eigenvalue weighted by Gasteiger charge is -2.35. The van der Waals surface area contributed by atoms with Crippen LogP contribution in [0.5, 0.6) is 0 Å². The topological polar surface area (TPSA) is 61.0 Å². The third-order valence-electron chi connectivity index (χ3n) is 4.86. The molecule has 6 nitrogen and oxygen atoms in total. The molecule has 2 aliphatic heterocycles. The van der Waals surface area contributed by atoms with Gasteiger partial charge in [0.15, 0.2) is 11.1 Å². The number of nitrogens with zero attached hydrogens (tertiary/aromatic N) is 5. The monoisotopic (exact) mass is 336 g/mol. The Morgan fingerprint density at radius 1 is 1.26 bits per heavy atom. The standard InChI is InChI=1S/C16H28N6S/c1-14-2-6-20(7-3-14)8-4-18-15(17)21-9-11-22(12-10-21)16-19-5-13-23-16/h5,13-14H,2-4,6-12H2,1H3,(H2,17,18). The van der Waals surface area contributed by atoms with Gasteiger partial charge in [0.05, 0.1) is 6.54 Å². The van der Waals surface area contributed by atoms with E-state index in [0.29, 0.717) is 5.96 Å². The normalized spacial score (nSPS) is 21.9. The Labute approximate surface area is 143 Å². The van der Waals surface area contributed by atoms with Crippen molar-refractivity contribution in [1.82, 2.24) is 14.8 Å². The van der Waals surface area contributed by atoms with Crippen molar-refractivity contribution in [2.45, 2.75) is 19.8 Å². The van der Waals surface area contributed by atoms with E-state index in [1.54, 1.807) is 11.3 Å². The van der Waals surface area contributed by atoms with Crippen LogP contribution < -0.4 is 10.6 Å². The third-order valence-corrected chi connectivity index (χ3v) is 5.69. The highest BCUT2D eigenvalue weighted by Crippen LogP contribution is 2.19. The van der Waals surface area contributed by atoms with Crippen LogP contribution in [0.3, 0.4) is 0 Å². The van der Waals surface area contributed by atoms with E-state index in [9.17, 15) is 0 Å². The van der Waals surface area contributed by atoms with Gasteiger partial charge in [-0.05, 0) is 31.8 Å². The molecule has 2 aliphatic rings. The van der Waals surface area contributed by atoms with Crippen molar-refractivity contribution >= 4 is 22.4 Å². The van der Waals surface area contributed by atoms with Gasteiger partial charge in [-0.3, -0.25) is 4.99 Å². The average Bonchev–Trinajstić information content (AvgIpc) is 3.11. The fraction of sp³-hybridized carbons (Fsp3) is 0.750. The first kappa shape index (κ1) is 16.5. The number of aliphatic imine (C=N–C) groups is 1. The van der Waals surface area contributed by atoms with Crippen molar-refractivity contribution in [3.05, 3.63) is 11.6 Å². The molecule has 0 amide bonds. The van der Waals surface area contributed by atoms with Crippen molar-refractivity contribution in [1.29, 1.82) is 0 Å². The smallest absolute Gasteiger partial charge is 0.191 e. The highest BCUT2D eigenvalue weighted by Gasteiger charge is 2.20. The summed E-state index contributed by atoms with van der Waals surface area (Å²) in [5, 5.41) is 3.14. The molecule has 0 atom stereocenters. The fourth-order valence-corrected chi connectivity index (χ4v) is 3.89. The van der Waals surface area contributed by atoms with Crippen LogP contribution in [-0.2, 0) is 0 Å². The Morgan fingerprint density at radius 2 is 2.00 bits per heavy atom. The first-order valence-electron chi connectivity index (χ1n) is 8.64. The lowest BCUT2D eigenvalue weighted by Crippen LogP contribution is -2.51. The minimum atomic E-state index is 0.703. The molecule has 1 aromatic heterocycles. The molecule has 0 unspecified atom stereocenters. The van der Waals surface area contributed by atoms with Crippen molar-refractivity contribution in [2.24, 2.45) is 16.6 Å². The number of likely N-dealkylation sites (tertiary alicyclic amines) is 1. The largest absolute Gasteiger partial charge is 0.370 e. The number of piperidine rings is 1. The highest BCUT2D eigenvalue weighted by atomic mass is 32.1. The van der Waals surface area contributed by atoms with E-state index in [1.807, 2.05) is 11.6 Å². The summed E-state index contributed by atoms with van der Waals surface area (Å²) in [6.45, 7) is 10.4. The van der Waals surface area contributed by atoms with Gasteiger partial charge < -0.3 is 20.4 Å². The van der Waals surface area contributed by atoms with Gasteiger partial charge in [-0.25, -0.2) is 4.98 Å². The van der Waals surface area contributed by atoms with E-state index in [4.69, 9.17) is 5.73 Å². The highest BCUT2D eigenvalue weighted by molar-refractivity contribution is 7.13. The lowest BCUT2D eigenvalue weighted by atomic mass is 9.99. The van der Waals surface area contributed by atoms with E-state index in [-0.39, 0.29) is 0 Å². The van der Waals surface area contributed by atoms with Crippen molar-refractivity contribution < 1.29 is 0 Å². The summed E-state index contributed by atoms with van der Waals surface area (Å²) in [5.74, 6) is 1.59. The van der Waals surface area contributed by atoms with Gasteiger partial charge in [-0.1, -0.05) is 6.92 Å². The molecular weight excluding hydrogens is 308 g/mol. The Kier molecular flexibility index (Phi) is 5.72. The maximum absolute atomic E-state index is 6.18. The number of aromatic nitrogens is 1. The van der Waals surface area contributed by atoms with Crippen molar-refractivity contribution in [2.75, 3.05) is 57.3 Å². The summed E-state index contributed by atoms with van der Waals surface area (Å²) >= 11 is 1.70. The minimum absolute atomic E-state index is 0.703. The van der Waals surface area contributed by atoms with Gasteiger partial charge in [-0.15, -0.1) is 11.3 Å². The van der Waals surface area contributed by atoms with E-state index in [2.05, 4.69) is 31.6 Å². The van der Waals surface area contributed by atoms with Crippen LogP contribution in [0.4, 0.5) is 5.13 Å². The lowest BCUT2D eigenvalue weighted by molar-refractivity contribution is 0.197. The van der Waals surface area contributed by atoms with Crippen LogP contribution >= 0.6 is 11.3 Å². The van der Waals surface area contributed by atoms with E-state index in [0.717, 1.165) is 50.3 Å². The molecule has 23 heavy (non-hydrogen) atoms. The van der Waals surface area contributed by atoms with Crippen LogP contribution in [-0.4, -0.2) is 73.1 Å². The second-order valence-corrected chi connectivity index (χ2v) is 7.43. The van der Waals surface area contributed by atoms with Gasteiger partial charge in [0.2, 0.25) is 0 Å². The molecule has 3 heterocycles. The molecule has 128 valence electrons. The van der Waals surface area contributed by atoms with E-state index >= 15 is 0 Å². The number of piperazine rings is 1. The fourth-order valence-electron chi connectivity index (χ4n) is 3.19. The summed E-state index contributed by atoms with van der Waals surface area (Å²) in [6, 6.07) is 0. The summed E-state index contributed by atoms with van der Waals surface area (Å²) < 4.78 is 0. The molecule has 7 heteroatoms. The number of rotatable bonds is 4. The SMILES string of the molecule is CC1CCN(CCN=C(N)N2CCN(c3nccs3)CC2)CC1.